The van der Waals surface area contributed by atoms with Gasteiger partial charge in [0.2, 0.25) is 0 Å². The Kier molecular flexibility index (Phi) is 11.2. The SMILES string of the molecule is CCCCCCCCN1C(=O)C(=Cc2c(C)c(C#N)c(=O)n(CCC)c2N2CCN(c3ccc(F)cc3)CC2)SC1=S. The highest BCUT2D eigenvalue weighted by molar-refractivity contribution is 8.26. The zero-order valence-corrected chi connectivity index (χ0v) is 26.5. The van der Waals surface area contributed by atoms with Crippen LogP contribution < -0.4 is 15.4 Å². The first-order valence-electron chi connectivity index (χ1n) is 15.0. The highest BCUT2D eigenvalue weighted by atomic mass is 32.2. The number of hydrogen-bond acceptors (Lipinski definition) is 7. The van der Waals surface area contributed by atoms with E-state index in [0.717, 1.165) is 42.8 Å². The number of carbonyl (C=O) groups excluding carboxylic acids is 1. The van der Waals surface area contributed by atoms with Gasteiger partial charge in [-0.05, 0) is 55.7 Å². The van der Waals surface area contributed by atoms with Crippen LogP contribution in [0.5, 0.6) is 0 Å². The fourth-order valence-corrected chi connectivity index (χ4v) is 6.91. The number of unbranched alkanes of at least 4 members (excludes halogenated alkanes) is 5. The lowest BCUT2D eigenvalue weighted by atomic mass is 10.0. The van der Waals surface area contributed by atoms with E-state index in [4.69, 9.17) is 12.2 Å². The Labute approximate surface area is 258 Å². The van der Waals surface area contributed by atoms with Crippen molar-refractivity contribution in [3.8, 4) is 6.07 Å². The average Bonchev–Trinajstić information content (AvgIpc) is 3.25. The number of thiocarbonyl (C=S) groups is 1. The Morgan fingerprint density at radius 1 is 0.952 bits per heavy atom. The quantitative estimate of drug-likeness (QED) is 0.155. The van der Waals surface area contributed by atoms with Crippen molar-refractivity contribution in [3.05, 3.63) is 62.0 Å². The molecule has 4 rings (SSSR count). The van der Waals surface area contributed by atoms with Crippen molar-refractivity contribution in [2.24, 2.45) is 0 Å². The van der Waals surface area contributed by atoms with Gasteiger partial charge in [0.1, 0.15) is 27.6 Å². The van der Waals surface area contributed by atoms with Gasteiger partial charge in [0.15, 0.2) is 0 Å². The summed E-state index contributed by atoms with van der Waals surface area (Å²) >= 11 is 6.90. The van der Waals surface area contributed by atoms with Crippen molar-refractivity contribution in [2.45, 2.75) is 72.3 Å². The molecule has 1 aromatic carbocycles. The normalized spacial score (nSPS) is 16.5. The van der Waals surface area contributed by atoms with Crippen LogP contribution in [0.2, 0.25) is 0 Å². The highest BCUT2D eigenvalue weighted by Crippen LogP contribution is 2.36. The van der Waals surface area contributed by atoms with Crippen LogP contribution in [0.25, 0.3) is 6.08 Å². The summed E-state index contributed by atoms with van der Waals surface area (Å²) in [7, 11) is 0. The van der Waals surface area contributed by atoms with Gasteiger partial charge in [-0.1, -0.05) is 69.9 Å². The third-order valence-electron chi connectivity index (χ3n) is 7.95. The molecule has 1 aromatic heterocycles. The molecule has 0 bridgehead atoms. The molecule has 10 heteroatoms. The number of amides is 1. The molecular formula is C32H40FN5O2S2. The minimum atomic E-state index is -0.305. The fourth-order valence-electron chi connectivity index (χ4n) is 5.62. The Morgan fingerprint density at radius 3 is 2.24 bits per heavy atom. The van der Waals surface area contributed by atoms with E-state index in [2.05, 4.69) is 22.8 Å². The van der Waals surface area contributed by atoms with Gasteiger partial charge in [0, 0.05) is 50.5 Å². The minimum Gasteiger partial charge on any atom is -0.368 e. The van der Waals surface area contributed by atoms with E-state index >= 15 is 0 Å². The molecule has 2 aromatic rings. The average molecular weight is 610 g/mol. The number of aromatic nitrogens is 1. The van der Waals surface area contributed by atoms with Crippen LogP contribution in [-0.2, 0) is 11.3 Å². The maximum Gasteiger partial charge on any atom is 0.270 e. The molecule has 0 aliphatic carbocycles. The number of anilines is 2. The van der Waals surface area contributed by atoms with Crippen molar-refractivity contribution in [1.82, 2.24) is 9.47 Å². The second kappa shape index (κ2) is 14.8. The molecule has 42 heavy (non-hydrogen) atoms. The fraction of sp³-hybridized carbons (Fsp3) is 0.500. The second-order valence-corrected chi connectivity index (χ2v) is 12.5. The van der Waals surface area contributed by atoms with Crippen molar-refractivity contribution in [2.75, 3.05) is 42.5 Å². The number of pyridine rings is 1. The van der Waals surface area contributed by atoms with Crippen LogP contribution in [0.15, 0.2) is 34.0 Å². The second-order valence-electron chi connectivity index (χ2n) is 10.9. The number of carbonyl (C=O) groups is 1. The first-order valence-corrected chi connectivity index (χ1v) is 16.2. The molecule has 7 nitrogen and oxygen atoms in total. The monoisotopic (exact) mass is 609 g/mol. The first kappa shape index (κ1) is 31.8. The van der Waals surface area contributed by atoms with Crippen LogP contribution in [0.3, 0.4) is 0 Å². The summed E-state index contributed by atoms with van der Waals surface area (Å²) in [4.78, 5) is 33.6. The van der Waals surface area contributed by atoms with E-state index in [1.807, 2.05) is 13.0 Å². The lowest BCUT2D eigenvalue weighted by Crippen LogP contribution is -2.48. The molecule has 1 amide bonds. The van der Waals surface area contributed by atoms with Gasteiger partial charge in [-0.2, -0.15) is 5.26 Å². The lowest BCUT2D eigenvalue weighted by molar-refractivity contribution is -0.122. The lowest BCUT2D eigenvalue weighted by Gasteiger charge is -2.39. The molecule has 3 heterocycles. The zero-order chi connectivity index (χ0) is 30.2. The molecule has 0 N–H and O–H groups in total. The summed E-state index contributed by atoms with van der Waals surface area (Å²) in [5.74, 6) is 0.353. The van der Waals surface area contributed by atoms with E-state index in [1.54, 1.807) is 28.5 Å². The van der Waals surface area contributed by atoms with E-state index in [1.165, 1.54) is 43.2 Å². The molecule has 224 valence electrons. The van der Waals surface area contributed by atoms with E-state index < -0.39 is 0 Å². The number of thioether (sulfide) groups is 1. The van der Waals surface area contributed by atoms with E-state index in [9.17, 15) is 19.2 Å². The standard InChI is InChI=1S/C32H40FN5O2S2/c1-4-6-7-8-9-10-16-38-31(40)28(42-32(38)41)21-26-23(3)27(22-34)30(39)37(15-5-2)29(26)36-19-17-35(18-20-36)25-13-11-24(33)12-14-25/h11-14,21H,4-10,15-20H2,1-3H3. The number of halogens is 1. The molecule has 2 saturated heterocycles. The summed E-state index contributed by atoms with van der Waals surface area (Å²) in [6.45, 7) is 9.68. The number of hydrogen-bond donors (Lipinski definition) is 0. The predicted octanol–water partition coefficient (Wildman–Crippen LogP) is 6.47. The molecule has 2 aliphatic heterocycles. The van der Waals surface area contributed by atoms with Gasteiger partial charge in [0.05, 0.1) is 4.91 Å². The molecule has 2 aliphatic rings. The number of piperazine rings is 1. The van der Waals surface area contributed by atoms with E-state index in [-0.39, 0.29) is 22.8 Å². The summed E-state index contributed by atoms with van der Waals surface area (Å²) < 4.78 is 15.7. The molecule has 0 radical (unpaired) electrons. The Balaban J connectivity index is 1.64. The van der Waals surface area contributed by atoms with Crippen LogP contribution >= 0.6 is 24.0 Å². The van der Waals surface area contributed by atoms with Gasteiger partial charge >= 0.3 is 0 Å². The van der Waals surface area contributed by atoms with Crippen molar-refractivity contribution < 1.29 is 9.18 Å². The van der Waals surface area contributed by atoms with Gasteiger partial charge in [-0.15, -0.1) is 0 Å². The van der Waals surface area contributed by atoms with Gasteiger partial charge in [-0.25, -0.2) is 4.39 Å². The minimum absolute atomic E-state index is 0.103. The third-order valence-corrected chi connectivity index (χ3v) is 9.33. The highest BCUT2D eigenvalue weighted by Gasteiger charge is 2.33. The third kappa shape index (κ3) is 7.07. The predicted molar refractivity (Wildman–Crippen MR) is 175 cm³/mol. The molecular weight excluding hydrogens is 570 g/mol. The summed E-state index contributed by atoms with van der Waals surface area (Å²) in [5.41, 5.74) is 2.04. The van der Waals surface area contributed by atoms with Crippen molar-refractivity contribution >= 4 is 51.8 Å². The largest absolute Gasteiger partial charge is 0.368 e. The summed E-state index contributed by atoms with van der Waals surface area (Å²) in [6, 6.07) is 8.61. The van der Waals surface area contributed by atoms with Crippen LogP contribution in [-0.4, -0.2) is 52.4 Å². The molecule has 0 spiro atoms. The van der Waals surface area contributed by atoms with Gasteiger partial charge < -0.3 is 9.80 Å². The first-order chi connectivity index (χ1) is 20.3. The molecule has 2 fully saturated rings. The number of rotatable bonds is 12. The zero-order valence-electron chi connectivity index (χ0n) is 24.8. The van der Waals surface area contributed by atoms with Gasteiger partial charge in [0.25, 0.3) is 11.5 Å². The number of nitrogens with zero attached hydrogens (tertiary/aromatic N) is 5. The Hall–Kier alpha value is -3.16. The van der Waals surface area contributed by atoms with Crippen LogP contribution in [0.4, 0.5) is 15.9 Å². The molecule has 0 atom stereocenters. The van der Waals surface area contributed by atoms with Crippen LogP contribution in [0, 0.1) is 24.1 Å². The maximum atomic E-state index is 13.5. The Morgan fingerprint density at radius 2 is 1.60 bits per heavy atom. The van der Waals surface area contributed by atoms with Crippen LogP contribution in [0.1, 0.15) is 75.5 Å². The topological polar surface area (TPSA) is 72.6 Å². The summed E-state index contributed by atoms with van der Waals surface area (Å²) in [5, 5.41) is 9.94. The summed E-state index contributed by atoms with van der Waals surface area (Å²) in [6.07, 6.45) is 9.33. The number of nitriles is 1. The molecule has 0 unspecified atom stereocenters. The van der Waals surface area contributed by atoms with E-state index in [0.29, 0.717) is 54.1 Å². The van der Waals surface area contributed by atoms with Crippen molar-refractivity contribution in [1.29, 1.82) is 5.26 Å². The van der Waals surface area contributed by atoms with Gasteiger partial charge in [-0.3, -0.25) is 19.1 Å². The molecule has 0 saturated carbocycles. The van der Waals surface area contributed by atoms with Crippen molar-refractivity contribution in [3.63, 3.8) is 0 Å². The Bertz CT molecular complexity index is 1420. The number of benzene rings is 1. The maximum absolute atomic E-state index is 13.5. The smallest absolute Gasteiger partial charge is 0.270 e.